The Morgan fingerprint density at radius 2 is 2.38 bits per heavy atom. The number of carbonyl (C=O) groups excluding carboxylic acids is 2. The van der Waals surface area contributed by atoms with E-state index in [9.17, 15) is 9.59 Å². The number of rotatable bonds is 4. The highest BCUT2D eigenvalue weighted by molar-refractivity contribution is 5.96. The lowest BCUT2D eigenvalue weighted by atomic mass is 10.3. The van der Waals surface area contributed by atoms with Gasteiger partial charge in [-0.15, -0.1) is 0 Å². The van der Waals surface area contributed by atoms with Crippen LogP contribution in [-0.4, -0.2) is 16.8 Å². The van der Waals surface area contributed by atoms with E-state index in [0.717, 1.165) is 0 Å². The number of nitrogens with zero attached hydrogens (tertiary/aromatic N) is 1. The van der Waals surface area contributed by atoms with Crippen molar-refractivity contribution in [3.8, 4) is 0 Å². The predicted octanol–water partition coefficient (Wildman–Crippen LogP) is 0.270. The zero-order valence-electron chi connectivity index (χ0n) is 7.24. The van der Waals surface area contributed by atoms with Crippen molar-refractivity contribution >= 4 is 11.7 Å². The third-order valence-corrected chi connectivity index (χ3v) is 1.36. The summed E-state index contributed by atoms with van der Waals surface area (Å²) in [5.41, 5.74) is 0. The van der Waals surface area contributed by atoms with Crippen LogP contribution < -0.4 is 5.32 Å². The Morgan fingerprint density at radius 1 is 1.62 bits per heavy atom. The van der Waals surface area contributed by atoms with E-state index in [2.05, 4.69) is 10.5 Å². The van der Waals surface area contributed by atoms with Crippen molar-refractivity contribution in [2.24, 2.45) is 0 Å². The molecule has 5 heteroatoms. The van der Waals surface area contributed by atoms with E-state index in [1.807, 2.05) is 0 Å². The molecule has 0 bridgehead atoms. The maximum Gasteiger partial charge on any atom is 0.227 e. The summed E-state index contributed by atoms with van der Waals surface area (Å²) in [7, 11) is 0. The molecule has 1 N–H and O–H groups in total. The van der Waals surface area contributed by atoms with Crippen LogP contribution in [0.25, 0.3) is 0 Å². The number of hydrogen-bond acceptors (Lipinski definition) is 4. The molecule has 5 nitrogen and oxygen atoms in total. The first kappa shape index (κ1) is 9.44. The third kappa shape index (κ3) is 3.50. The topological polar surface area (TPSA) is 72.2 Å². The number of ketones is 1. The fourth-order valence-corrected chi connectivity index (χ4v) is 0.808. The van der Waals surface area contributed by atoms with Gasteiger partial charge in [0.25, 0.3) is 0 Å². The average molecular weight is 182 g/mol. The number of amides is 1. The molecule has 1 aromatic rings. The van der Waals surface area contributed by atoms with Crippen LogP contribution >= 0.6 is 0 Å². The van der Waals surface area contributed by atoms with Gasteiger partial charge in [-0.1, -0.05) is 5.16 Å². The number of aromatic nitrogens is 1. The van der Waals surface area contributed by atoms with Crippen LogP contribution in [0.4, 0.5) is 0 Å². The van der Waals surface area contributed by atoms with Crippen LogP contribution in [-0.2, 0) is 16.1 Å². The van der Waals surface area contributed by atoms with Crippen molar-refractivity contribution in [1.82, 2.24) is 10.5 Å². The number of nitrogens with one attached hydrogen (secondary N) is 1. The van der Waals surface area contributed by atoms with Crippen LogP contribution in [0.15, 0.2) is 16.8 Å². The predicted molar refractivity (Wildman–Crippen MR) is 43.6 cm³/mol. The van der Waals surface area contributed by atoms with Gasteiger partial charge in [0.15, 0.2) is 5.76 Å². The maximum absolute atomic E-state index is 11.0. The molecule has 0 saturated heterocycles. The minimum absolute atomic E-state index is 0.0891. The molecule has 13 heavy (non-hydrogen) atoms. The standard InChI is InChI=1S/C8H10N2O3/c1-6(11)4-8(12)9-5-7-2-3-10-13-7/h2-3H,4-5H2,1H3,(H,9,12). The lowest BCUT2D eigenvalue weighted by Gasteiger charge is -1.99. The third-order valence-electron chi connectivity index (χ3n) is 1.36. The molecule has 1 rings (SSSR count). The minimum atomic E-state index is -0.302. The van der Waals surface area contributed by atoms with Gasteiger partial charge < -0.3 is 9.84 Å². The zero-order valence-corrected chi connectivity index (χ0v) is 7.24. The molecule has 70 valence electrons. The highest BCUT2D eigenvalue weighted by Crippen LogP contribution is 1.95. The van der Waals surface area contributed by atoms with Gasteiger partial charge in [0.05, 0.1) is 19.2 Å². The summed E-state index contributed by atoms with van der Waals surface area (Å²) in [6.45, 7) is 1.64. The zero-order chi connectivity index (χ0) is 9.68. The largest absolute Gasteiger partial charge is 0.360 e. The van der Waals surface area contributed by atoms with Crippen molar-refractivity contribution < 1.29 is 14.1 Å². The number of Topliss-reactive ketones (excluding diaryl/α,β-unsaturated/α-hetero) is 1. The fourth-order valence-electron chi connectivity index (χ4n) is 0.808. The van der Waals surface area contributed by atoms with Crippen molar-refractivity contribution in [2.45, 2.75) is 19.9 Å². The van der Waals surface area contributed by atoms with Gasteiger partial charge in [0, 0.05) is 6.07 Å². The summed E-state index contributed by atoms with van der Waals surface area (Å²) < 4.78 is 4.74. The van der Waals surface area contributed by atoms with Crippen LogP contribution in [0.3, 0.4) is 0 Å². The molecule has 0 aliphatic carbocycles. The smallest absolute Gasteiger partial charge is 0.227 e. The molecular formula is C8H10N2O3. The average Bonchev–Trinajstić information content (AvgIpc) is 2.51. The number of hydrogen-bond donors (Lipinski definition) is 1. The van der Waals surface area contributed by atoms with E-state index in [0.29, 0.717) is 5.76 Å². The monoisotopic (exact) mass is 182 g/mol. The fraction of sp³-hybridized carbons (Fsp3) is 0.375. The molecule has 0 radical (unpaired) electrons. The summed E-state index contributed by atoms with van der Waals surface area (Å²) in [4.78, 5) is 21.5. The van der Waals surface area contributed by atoms with Crippen LogP contribution in [0.1, 0.15) is 19.1 Å². The van der Waals surface area contributed by atoms with Crippen molar-refractivity contribution in [2.75, 3.05) is 0 Å². The molecule has 0 aliphatic rings. The molecule has 0 aromatic carbocycles. The van der Waals surface area contributed by atoms with Crippen LogP contribution in [0.5, 0.6) is 0 Å². The summed E-state index contributed by atoms with van der Waals surface area (Å²) in [5, 5.41) is 5.99. The first-order valence-electron chi connectivity index (χ1n) is 3.84. The molecule has 1 heterocycles. The molecule has 1 aromatic heterocycles. The Kier molecular flexibility index (Phi) is 3.19. The Labute approximate surface area is 75.1 Å². The van der Waals surface area contributed by atoms with Crippen molar-refractivity contribution in [3.63, 3.8) is 0 Å². The van der Waals surface area contributed by atoms with Gasteiger partial charge in [-0.2, -0.15) is 0 Å². The van der Waals surface area contributed by atoms with E-state index in [-0.39, 0.29) is 24.7 Å². The summed E-state index contributed by atoms with van der Waals surface area (Å²) >= 11 is 0. The second-order valence-electron chi connectivity index (χ2n) is 2.63. The van der Waals surface area contributed by atoms with Gasteiger partial charge in [-0.05, 0) is 6.92 Å². The Bertz CT molecular complexity index is 292. The van der Waals surface area contributed by atoms with E-state index in [1.165, 1.54) is 13.1 Å². The molecular weight excluding hydrogens is 172 g/mol. The van der Waals surface area contributed by atoms with Crippen molar-refractivity contribution in [3.05, 3.63) is 18.0 Å². The summed E-state index contributed by atoms with van der Waals surface area (Å²) in [5.74, 6) is 0.107. The molecule has 1 amide bonds. The first-order valence-corrected chi connectivity index (χ1v) is 3.84. The van der Waals surface area contributed by atoms with E-state index < -0.39 is 0 Å². The molecule has 0 saturated carbocycles. The van der Waals surface area contributed by atoms with Gasteiger partial charge in [-0.25, -0.2) is 0 Å². The number of carbonyl (C=O) groups is 2. The van der Waals surface area contributed by atoms with Gasteiger partial charge in [0.1, 0.15) is 5.78 Å². The second-order valence-corrected chi connectivity index (χ2v) is 2.63. The summed E-state index contributed by atoms with van der Waals surface area (Å²) in [6.07, 6.45) is 1.40. The quantitative estimate of drug-likeness (QED) is 0.678. The van der Waals surface area contributed by atoms with E-state index in [1.54, 1.807) is 6.07 Å². The second kappa shape index (κ2) is 4.39. The van der Waals surface area contributed by atoms with Crippen LogP contribution in [0, 0.1) is 0 Å². The summed E-state index contributed by atoms with van der Waals surface area (Å²) in [6, 6.07) is 1.65. The highest BCUT2D eigenvalue weighted by Gasteiger charge is 2.05. The Balaban J connectivity index is 2.27. The van der Waals surface area contributed by atoms with Gasteiger partial charge >= 0.3 is 0 Å². The molecule has 0 unspecified atom stereocenters. The lowest BCUT2D eigenvalue weighted by molar-refractivity contribution is -0.127. The van der Waals surface area contributed by atoms with E-state index >= 15 is 0 Å². The molecule has 0 atom stereocenters. The first-order chi connectivity index (χ1) is 6.18. The highest BCUT2D eigenvalue weighted by atomic mass is 16.5. The van der Waals surface area contributed by atoms with Gasteiger partial charge in [0.2, 0.25) is 5.91 Å². The maximum atomic E-state index is 11.0. The van der Waals surface area contributed by atoms with Crippen LogP contribution in [0.2, 0.25) is 0 Å². The lowest BCUT2D eigenvalue weighted by Crippen LogP contribution is -2.24. The van der Waals surface area contributed by atoms with Crippen molar-refractivity contribution in [1.29, 1.82) is 0 Å². The Morgan fingerprint density at radius 3 is 2.92 bits per heavy atom. The molecule has 0 spiro atoms. The molecule has 0 fully saturated rings. The Hall–Kier alpha value is -1.65. The SMILES string of the molecule is CC(=O)CC(=O)NCc1ccno1. The minimum Gasteiger partial charge on any atom is -0.360 e. The van der Waals surface area contributed by atoms with E-state index in [4.69, 9.17) is 4.52 Å². The normalized spacial score (nSPS) is 9.62. The van der Waals surface area contributed by atoms with Gasteiger partial charge in [-0.3, -0.25) is 9.59 Å². The molecule has 0 aliphatic heterocycles.